The van der Waals surface area contributed by atoms with Gasteiger partial charge in [0.05, 0.1) is 28.7 Å². The molecule has 120 valence electrons. The standard InChI is InChI=1S/C17H11NO6/c1-23-17(20)11-6-7-14-12(8-11)16(19)15(24-14)9-10-4-2-3-5-13(10)18(21)22/h2-9H,1H3/b15-9-. The summed E-state index contributed by atoms with van der Waals surface area (Å²) in [5.41, 5.74) is 0.558. The lowest BCUT2D eigenvalue weighted by Crippen LogP contribution is -2.03. The fraction of sp³-hybridized carbons (Fsp3) is 0.0588. The Morgan fingerprint density at radius 3 is 2.71 bits per heavy atom. The molecule has 3 rings (SSSR count). The highest BCUT2D eigenvalue weighted by Gasteiger charge is 2.29. The number of fused-ring (bicyclic) bond motifs is 1. The quantitative estimate of drug-likeness (QED) is 0.372. The first-order chi connectivity index (χ1) is 11.5. The van der Waals surface area contributed by atoms with Crippen LogP contribution in [0, 0.1) is 10.1 Å². The van der Waals surface area contributed by atoms with Crippen LogP contribution in [0.15, 0.2) is 48.2 Å². The van der Waals surface area contributed by atoms with Gasteiger partial charge in [0.2, 0.25) is 5.78 Å². The highest BCUT2D eigenvalue weighted by atomic mass is 16.6. The maximum Gasteiger partial charge on any atom is 0.337 e. The molecule has 0 atom stereocenters. The van der Waals surface area contributed by atoms with E-state index in [2.05, 4.69) is 4.74 Å². The van der Waals surface area contributed by atoms with Crippen molar-refractivity contribution < 1.29 is 24.0 Å². The second-order valence-corrected chi connectivity index (χ2v) is 4.96. The third kappa shape index (κ3) is 2.63. The zero-order valence-corrected chi connectivity index (χ0v) is 12.5. The van der Waals surface area contributed by atoms with Gasteiger partial charge in [-0.15, -0.1) is 0 Å². The molecule has 0 spiro atoms. The van der Waals surface area contributed by atoms with E-state index in [1.807, 2.05) is 0 Å². The minimum atomic E-state index is -0.568. The summed E-state index contributed by atoms with van der Waals surface area (Å²) < 4.78 is 10.1. The molecule has 1 heterocycles. The Labute approximate surface area is 136 Å². The van der Waals surface area contributed by atoms with Gasteiger partial charge in [-0.2, -0.15) is 0 Å². The minimum Gasteiger partial charge on any atom is -0.465 e. The number of carbonyl (C=O) groups is 2. The number of hydrogen-bond donors (Lipinski definition) is 0. The van der Waals surface area contributed by atoms with Gasteiger partial charge in [0.1, 0.15) is 5.75 Å². The Kier molecular flexibility index (Phi) is 3.83. The molecule has 0 fully saturated rings. The molecule has 24 heavy (non-hydrogen) atoms. The Bertz CT molecular complexity index is 900. The van der Waals surface area contributed by atoms with E-state index in [4.69, 9.17) is 4.74 Å². The van der Waals surface area contributed by atoms with Gasteiger partial charge >= 0.3 is 5.97 Å². The first kappa shape index (κ1) is 15.4. The molecule has 0 amide bonds. The largest absolute Gasteiger partial charge is 0.465 e. The summed E-state index contributed by atoms with van der Waals surface area (Å²) in [6, 6.07) is 10.4. The van der Waals surface area contributed by atoms with Crippen molar-refractivity contribution in [2.24, 2.45) is 0 Å². The zero-order valence-electron chi connectivity index (χ0n) is 12.5. The van der Waals surface area contributed by atoms with Crippen LogP contribution in [0.5, 0.6) is 5.75 Å². The fourth-order valence-electron chi connectivity index (χ4n) is 2.35. The maximum atomic E-state index is 12.4. The third-order valence-electron chi connectivity index (χ3n) is 3.51. The first-order valence-electron chi connectivity index (χ1n) is 6.91. The fourth-order valence-corrected chi connectivity index (χ4v) is 2.35. The van der Waals surface area contributed by atoms with Crippen molar-refractivity contribution in [3.8, 4) is 5.75 Å². The molecular formula is C17H11NO6. The van der Waals surface area contributed by atoms with Gasteiger partial charge in [0.25, 0.3) is 5.69 Å². The van der Waals surface area contributed by atoms with Gasteiger partial charge in [-0.25, -0.2) is 4.79 Å². The molecule has 0 unspecified atom stereocenters. The molecule has 0 radical (unpaired) electrons. The van der Waals surface area contributed by atoms with E-state index in [0.29, 0.717) is 0 Å². The van der Waals surface area contributed by atoms with Crippen LogP contribution in [0.1, 0.15) is 26.3 Å². The van der Waals surface area contributed by atoms with Gasteiger partial charge in [-0.3, -0.25) is 14.9 Å². The van der Waals surface area contributed by atoms with Crippen molar-refractivity contribution in [3.05, 3.63) is 75.0 Å². The van der Waals surface area contributed by atoms with E-state index in [1.165, 1.54) is 49.6 Å². The Balaban J connectivity index is 2.00. The summed E-state index contributed by atoms with van der Waals surface area (Å²) in [5.74, 6) is -0.769. The number of para-hydroxylation sites is 1. The number of rotatable bonds is 3. The van der Waals surface area contributed by atoms with E-state index in [0.717, 1.165) is 0 Å². The SMILES string of the molecule is COC(=O)c1ccc2c(c1)C(=O)/C(=C/c1ccccc1[N+](=O)[O-])O2. The number of nitro groups is 1. The number of methoxy groups -OCH3 is 1. The van der Waals surface area contributed by atoms with Crippen molar-refractivity contribution in [2.75, 3.05) is 7.11 Å². The van der Waals surface area contributed by atoms with Gasteiger partial charge in [-0.1, -0.05) is 12.1 Å². The Morgan fingerprint density at radius 1 is 1.25 bits per heavy atom. The number of Topliss-reactive ketones (excluding diaryl/α,β-unsaturated/α-hetero) is 1. The molecular weight excluding hydrogens is 314 g/mol. The van der Waals surface area contributed by atoms with E-state index in [9.17, 15) is 19.7 Å². The van der Waals surface area contributed by atoms with E-state index < -0.39 is 16.7 Å². The van der Waals surface area contributed by atoms with Crippen molar-refractivity contribution in [2.45, 2.75) is 0 Å². The zero-order chi connectivity index (χ0) is 17.3. The van der Waals surface area contributed by atoms with Crippen LogP contribution in [0.3, 0.4) is 0 Å². The number of esters is 1. The molecule has 0 aromatic heterocycles. The van der Waals surface area contributed by atoms with Gasteiger partial charge in [-0.05, 0) is 30.3 Å². The number of carbonyl (C=O) groups excluding carboxylic acids is 2. The van der Waals surface area contributed by atoms with Crippen LogP contribution >= 0.6 is 0 Å². The van der Waals surface area contributed by atoms with Crippen molar-refractivity contribution in [1.82, 2.24) is 0 Å². The summed E-state index contributed by atoms with van der Waals surface area (Å²) in [7, 11) is 1.24. The van der Waals surface area contributed by atoms with Crippen LogP contribution in [0.25, 0.3) is 6.08 Å². The highest BCUT2D eigenvalue weighted by Crippen LogP contribution is 2.33. The number of hydrogen-bond acceptors (Lipinski definition) is 6. The minimum absolute atomic E-state index is 0.0404. The smallest absolute Gasteiger partial charge is 0.337 e. The first-order valence-corrected chi connectivity index (χ1v) is 6.91. The predicted octanol–water partition coefficient (Wildman–Crippen LogP) is 3.00. The van der Waals surface area contributed by atoms with Gasteiger partial charge in [0.15, 0.2) is 5.76 Å². The van der Waals surface area contributed by atoms with Crippen LogP contribution in [0.2, 0.25) is 0 Å². The van der Waals surface area contributed by atoms with Crippen molar-refractivity contribution in [1.29, 1.82) is 0 Å². The monoisotopic (exact) mass is 325 g/mol. The lowest BCUT2D eigenvalue weighted by Gasteiger charge is -2.01. The van der Waals surface area contributed by atoms with Gasteiger partial charge < -0.3 is 9.47 Å². The highest BCUT2D eigenvalue weighted by molar-refractivity contribution is 6.15. The van der Waals surface area contributed by atoms with Crippen molar-refractivity contribution >= 4 is 23.5 Å². The molecule has 7 nitrogen and oxygen atoms in total. The number of nitro benzene ring substituents is 1. The second kappa shape index (κ2) is 5.96. The number of benzene rings is 2. The summed E-state index contributed by atoms with van der Waals surface area (Å²) in [6.45, 7) is 0. The number of nitrogens with zero attached hydrogens (tertiary/aromatic N) is 1. The van der Waals surface area contributed by atoms with Crippen LogP contribution in [-0.4, -0.2) is 23.8 Å². The molecule has 0 aliphatic carbocycles. The Hall–Kier alpha value is -3.48. The van der Waals surface area contributed by atoms with Gasteiger partial charge in [0, 0.05) is 6.07 Å². The lowest BCUT2D eigenvalue weighted by molar-refractivity contribution is -0.385. The lowest BCUT2D eigenvalue weighted by atomic mass is 10.1. The summed E-state index contributed by atoms with van der Waals surface area (Å²) in [5, 5.41) is 11.0. The van der Waals surface area contributed by atoms with Crippen LogP contribution in [0.4, 0.5) is 5.69 Å². The molecule has 2 aromatic rings. The number of allylic oxidation sites excluding steroid dienone is 1. The van der Waals surface area contributed by atoms with Crippen molar-refractivity contribution in [3.63, 3.8) is 0 Å². The topological polar surface area (TPSA) is 95.7 Å². The normalized spacial score (nSPS) is 14.2. The molecule has 0 saturated carbocycles. The molecule has 0 saturated heterocycles. The molecule has 1 aliphatic heterocycles. The molecule has 7 heteroatoms. The number of ketones is 1. The molecule has 0 bridgehead atoms. The third-order valence-corrected chi connectivity index (χ3v) is 3.51. The maximum absolute atomic E-state index is 12.4. The van der Waals surface area contributed by atoms with E-state index in [-0.39, 0.29) is 33.9 Å². The van der Waals surface area contributed by atoms with E-state index >= 15 is 0 Å². The van der Waals surface area contributed by atoms with Crippen LogP contribution < -0.4 is 4.74 Å². The number of ether oxygens (including phenoxy) is 2. The summed E-state index contributed by atoms with van der Waals surface area (Å²) >= 11 is 0. The molecule has 1 aliphatic rings. The molecule has 0 N–H and O–H groups in total. The predicted molar refractivity (Wildman–Crippen MR) is 83.8 cm³/mol. The summed E-state index contributed by atoms with van der Waals surface area (Å²) in [6.07, 6.45) is 1.32. The summed E-state index contributed by atoms with van der Waals surface area (Å²) in [4.78, 5) is 34.5. The van der Waals surface area contributed by atoms with Crippen LogP contribution in [-0.2, 0) is 4.74 Å². The average Bonchev–Trinajstić information content (AvgIpc) is 2.90. The second-order valence-electron chi connectivity index (χ2n) is 4.96. The molecule has 2 aromatic carbocycles. The van der Waals surface area contributed by atoms with E-state index in [1.54, 1.807) is 6.07 Å². The average molecular weight is 325 g/mol. The Morgan fingerprint density at radius 2 is 2.00 bits per heavy atom.